The van der Waals surface area contributed by atoms with Gasteiger partial charge in [0.05, 0.1) is 15.5 Å². The number of nitrogens with one attached hydrogen (secondary N) is 1. The molecule has 2 aromatic heterocycles. The maximum absolute atomic E-state index is 12.1. The monoisotopic (exact) mass is 368 g/mol. The number of thiophene rings is 1. The fourth-order valence-corrected chi connectivity index (χ4v) is 3.45. The SMILES string of the molecule is Cc1cccc2oc(-c3ccc(NC(=O)c4cccs4)cc3Cl)nc12. The van der Waals surface area contributed by atoms with E-state index in [2.05, 4.69) is 10.3 Å². The first-order valence-electron chi connectivity index (χ1n) is 7.63. The van der Waals surface area contributed by atoms with Gasteiger partial charge in [0.25, 0.3) is 5.91 Å². The van der Waals surface area contributed by atoms with Crippen LogP contribution in [0, 0.1) is 6.92 Å². The first-order chi connectivity index (χ1) is 12.1. The van der Waals surface area contributed by atoms with E-state index in [1.165, 1.54) is 11.3 Å². The van der Waals surface area contributed by atoms with E-state index in [0.29, 0.717) is 27.0 Å². The molecule has 0 atom stereocenters. The number of anilines is 1. The zero-order valence-corrected chi connectivity index (χ0v) is 14.8. The lowest BCUT2D eigenvalue weighted by Crippen LogP contribution is -2.09. The van der Waals surface area contributed by atoms with Crippen LogP contribution >= 0.6 is 22.9 Å². The summed E-state index contributed by atoms with van der Waals surface area (Å²) < 4.78 is 5.81. The highest BCUT2D eigenvalue weighted by Gasteiger charge is 2.14. The maximum atomic E-state index is 12.1. The number of hydrogen-bond donors (Lipinski definition) is 1. The van der Waals surface area contributed by atoms with Crippen LogP contribution in [0.25, 0.3) is 22.6 Å². The van der Waals surface area contributed by atoms with Crippen molar-refractivity contribution >= 4 is 45.6 Å². The van der Waals surface area contributed by atoms with E-state index in [1.54, 1.807) is 24.3 Å². The molecular weight excluding hydrogens is 356 g/mol. The number of rotatable bonds is 3. The Bertz CT molecular complexity index is 1070. The molecule has 0 unspecified atom stereocenters. The van der Waals surface area contributed by atoms with Gasteiger partial charge in [-0.25, -0.2) is 4.98 Å². The lowest BCUT2D eigenvalue weighted by Gasteiger charge is -2.06. The number of amides is 1. The average Bonchev–Trinajstić information content (AvgIpc) is 3.25. The van der Waals surface area contributed by atoms with Crippen LogP contribution in [0.1, 0.15) is 15.2 Å². The number of fused-ring (bicyclic) bond motifs is 1. The van der Waals surface area contributed by atoms with Gasteiger partial charge < -0.3 is 9.73 Å². The van der Waals surface area contributed by atoms with Crippen molar-refractivity contribution in [3.63, 3.8) is 0 Å². The molecule has 0 aliphatic carbocycles. The second-order valence-corrected chi connectivity index (χ2v) is 6.92. The van der Waals surface area contributed by atoms with Crippen LogP contribution in [-0.4, -0.2) is 10.9 Å². The number of aryl methyl sites for hydroxylation is 1. The third kappa shape index (κ3) is 3.04. The maximum Gasteiger partial charge on any atom is 0.265 e. The van der Waals surface area contributed by atoms with Gasteiger partial charge in [0, 0.05) is 5.69 Å². The predicted molar refractivity (Wildman–Crippen MR) is 101 cm³/mol. The van der Waals surface area contributed by atoms with Gasteiger partial charge in [-0.3, -0.25) is 4.79 Å². The standard InChI is InChI=1S/C19H13ClN2O2S/c1-11-4-2-5-15-17(11)22-19(24-15)13-8-7-12(10-14(13)20)21-18(23)16-6-3-9-25-16/h2-10H,1H3,(H,21,23). The van der Waals surface area contributed by atoms with Crippen LogP contribution < -0.4 is 5.32 Å². The summed E-state index contributed by atoms with van der Waals surface area (Å²) >= 11 is 7.78. The van der Waals surface area contributed by atoms with Crippen LogP contribution in [-0.2, 0) is 0 Å². The van der Waals surface area contributed by atoms with Gasteiger partial charge in [-0.1, -0.05) is 29.8 Å². The van der Waals surface area contributed by atoms with E-state index in [-0.39, 0.29) is 5.91 Å². The fourth-order valence-electron chi connectivity index (χ4n) is 2.57. The summed E-state index contributed by atoms with van der Waals surface area (Å²) in [6.45, 7) is 1.99. The molecule has 4 aromatic rings. The topological polar surface area (TPSA) is 55.1 Å². The number of halogens is 1. The number of carbonyl (C=O) groups excluding carboxylic acids is 1. The number of hydrogen-bond acceptors (Lipinski definition) is 4. The molecule has 124 valence electrons. The van der Waals surface area contributed by atoms with Crippen LogP contribution in [0.4, 0.5) is 5.69 Å². The molecule has 0 aliphatic rings. The van der Waals surface area contributed by atoms with Gasteiger partial charge in [0.15, 0.2) is 5.58 Å². The lowest BCUT2D eigenvalue weighted by atomic mass is 10.2. The summed E-state index contributed by atoms with van der Waals surface area (Å²) in [5, 5.41) is 5.16. The molecule has 4 nitrogen and oxygen atoms in total. The molecule has 6 heteroatoms. The molecule has 1 amide bonds. The molecule has 0 radical (unpaired) electrons. The number of carbonyl (C=O) groups is 1. The number of oxazole rings is 1. The Labute approximate surface area is 153 Å². The molecular formula is C19H13ClN2O2S. The molecule has 25 heavy (non-hydrogen) atoms. The third-order valence-electron chi connectivity index (χ3n) is 3.82. The number of benzene rings is 2. The van der Waals surface area contributed by atoms with E-state index in [9.17, 15) is 4.79 Å². The van der Waals surface area contributed by atoms with Gasteiger partial charge in [-0.05, 0) is 48.2 Å². The number of aromatic nitrogens is 1. The highest BCUT2D eigenvalue weighted by atomic mass is 35.5. The van der Waals surface area contributed by atoms with Crippen molar-refractivity contribution in [2.75, 3.05) is 5.32 Å². The zero-order valence-electron chi connectivity index (χ0n) is 13.2. The van der Waals surface area contributed by atoms with Crippen molar-refractivity contribution in [2.24, 2.45) is 0 Å². The van der Waals surface area contributed by atoms with E-state index >= 15 is 0 Å². The summed E-state index contributed by atoms with van der Waals surface area (Å²) in [4.78, 5) is 17.3. The quantitative estimate of drug-likeness (QED) is 0.499. The van der Waals surface area contributed by atoms with Crippen LogP contribution in [0.5, 0.6) is 0 Å². The summed E-state index contributed by atoms with van der Waals surface area (Å²) in [6.07, 6.45) is 0. The number of nitrogens with zero attached hydrogens (tertiary/aromatic N) is 1. The minimum absolute atomic E-state index is 0.156. The van der Waals surface area contributed by atoms with E-state index in [0.717, 1.165) is 16.7 Å². The molecule has 0 spiro atoms. The second kappa shape index (κ2) is 6.35. The Balaban J connectivity index is 1.65. The molecule has 0 saturated heterocycles. The summed E-state index contributed by atoms with van der Waals surface area (Å²) in [7, 11) is 0. The first-order valence-corrected chi connectivity index (χ1v) is 8.88. The van der Waals surface area contributed by atoms with Crippen molar-refractivity contribution in [3.05, 3.63) is 69.4 Å². The van der Waals surface area contributed by atoms with Crippen molar-refractivity contribution < 1.29 is 9.21 Å². The molecule has 2 aromatic carbocycles. The Morgan fingerprint density at radius 1 is 1.20 bits per heavy atom. The van der Waals surface area contributed by atoms with Gasteiger partial charge in [-0.15, -0.1) is 11.3 Å². The Kier molecular flexibility index (Phi) is 4.03. The number of para-hydroxylation sites is 1. The fraction of sp³-hybridized carbons (Fsp3) is 0.0526. The molecule has 4 rings (SSSR count). The van der Waals surface area contributed by atoms with E-state index in [1.807, 2.05) is 36.6 Å². The Morgan fingerprint density at radius 2 is 2.08 bits per heavy atom. The normalized spacial score (nSPS) is 11.0. The summed E-state index contributed by atoms with van der Waals surface area (Å²) in [6, 6.07) is 14.7. The van der Waals surface area contributed by atoms with E-state index < -0.39 is 0 Å². The first kappa shape index (κ1) is 15.9. The zero-order chi connectivity index (χ0) is 17.4. The molecule has 1 N–H and O–H groups in total. The summed E-state index contributed by atoms with van der Waals surface area (Å²) in [5.74, 6) is 0.307. The lowest BCUT2D eigenvalue weighted by molar-refractivity contribution is 0.103. The molecule has 0 aliphatic heterocycles. The van der Waals surface area contributed by atoms with Crippen LogP contribution in [0.15, 0.2) is 58.3 Å². The van der Waals surface area contributed by atoms with Crippen molar-refractivity contribution in [1.82, 2.24) is 4.98 Å². The highest BCUT2D eigenvalue weighted by Crippen LogP contribution is 2.32. The summed E-state index contributed by atoms with van der Waals surface area (Å²) in [5.41, 5.74) is 3.90. The Hall–Kier alpha value is -2.63. The van der Waals surface area contributed by atoms with Gasteiger partial charge in [0.1, 0.15) is 5.52 Å². The van der Waals surface area contributed by atoms with Gasteiger partial charge in [0.2, 0.25) is 5.89 Å². The molecule has 0 saturated carbocycles. The van der Waals surface area contributed by atoms with Crippen LogP contribution in [0.2, 0.25) is 5.02 Å². The second-order valence-electron chi connectivity index (χ2n) is 5.57. The minimum atomic E-state index is -0.156. The smallest absolute Gasteiger partial charge is 0.265 e. The van der Waals surface area contributed by atoms with Crippen molar-refractivity contribution in [1.29, 1.82) is 0 Å². The van der Waals surface area contributed by atoms with Crippen LogP contribution in [0.3, 0.4) is 0 Å². The third-order valence-corrected chi connectivity index (χ3v) is 5.00. The van der Waals surface area contributed by atoms with Gasteiger partial charge >= 0.3 is 0 Å². The van der Waals surface area contributed by atoms with Gasteiger partial charge in [-0.2, -0.15) is 0 Å². The Morgan fingerprint density at radius 3 is 2.80 bits per heavy atom. The van der Waals surface area contributed by atoms with Crippen molar-refractivity contribution in [3.8, 4) is 11.5 Å². The minimum Gasteiger partial charge on any atom is -0.436 e. The van der Waals surface area contributed by atoms with Crippen molar-refractivity contribution in [2.45, 2.75) is 6.92 Å². The average molecular weight is 369 g/mol. The molecule has 2 heterocycles. The largest absolute Gasteiger partial charge is 0.436 e. The molecule has 0 bridgehead atoms. The highest BCUT2D eigenvalue weighted by molar-refractivity contribution is 7.12. The van der Waals surface area contributed by atoms with E-state index in [4.69, 9.17) is 16.0 Å². The molecule has 0 fully saturated rings. The predicted octanol–water partition coefficient (Wildman–Crippen LogP) is 5.77.